The number of carbonyl (C=O) groups is 3. The molecule has 4 rings (SSSR count). The lowest BCUT2D eigenvalue weighted by atomic mass is 9.71. The van der Waals surface area contributed by atoms with E-state index in [0.29, 0.717) is 38.8 Å². The summed E-state index contributed by atoms with van der Waals surface area (Å²) in [5.41, 5.74) is 6.05. The number of oxime groups is 1. The van der Waals surface area contributed by atoms with Gasteiger partial charge < -0.3 is 34.6 Å². The third kappa shape index (κ3) is 6.57. The first-order valence-electron chi connectivity index (χ1n) is 13.6. The first kappa shape index (κ1) is 29.4. The third-order valence-electron chi connectivity index (χ3n) is 7.50. The van der Waals surface area contributed by atoms with E-state index in [0.717, 1.165) is 18.5 Å². The number of amides is 2. The average molecular weight is 561 g/mol. The van der Waals surface area contributed by atoms with Crippen LogP contribution in [0.3, 0.4) is 0 Å². The molecule has 3 aliphatic rings. The van der Waals surface area contributed by atoms with Gasteiger partial charge in [0.2, 0.25) is 0 Å². The number of aromatic nitrogens is 2. The lowest BCUT2D eigenvalue weighted by Gasteiger charge is -2.50. The molecule has 2 amide bonds. The molecule has 2 N–H and O–H groups in total. The molecule has 4 heterocycles. The largest absolute Gasteiger partial charge is 0.445 e. The fraction of sp³-hybridized carbons (Fsp3) is 0.667. The smallest absolute Gasteiger partial charge is 0.410 e. The topological polar surface area (TPSA) is 151 Å². The van der Waals surface area contributed by atoms with Crippen molar-refractivity contribution < 1.29 is 33.4 Å². The normalized spacial score (nSPS) is 22.0. The van der Waals surface area contributed by atoms with Crippen LogP contribution in [0.25, 0.3) is 0 Å². The van der Waals surface area contributed by atoms with Crippen LogP contribution in [0.1, 0.15) is 58.2 Å². The SMILES string of the molecule is C=CCOC(=O)N1C[C@H](/C(N)=N/OC(=O)C(C)n2ccc(C3CCOCC3)n2)C2(C1)CN(C(=O)OC(C)(C)C)C2. The molecule has 40 heavy (non-hydrogen) atoms. The molecule has 13 nitrogen and oxygen atoms in total. The molecular weight excluding hydrogens is 520 g/mol. The van der Waals surface area contributed by atoms with E-state index in [-0.39, 0.29) is 19.0 Å². The highest BCUT2D eigenvalue weighted by molar-refractivity contribution is 5.86. The molecular formula is C27H40N6O7. The number of hydrogen-bond acceptors (Lipinski definition) is 9. The summed E-state index contributed by atoms with van der Waals surface area (Å²) >= 11 is 0. The maximum Gasteiger partial charge on any atom is 0.410 e. The number of likely N-dealkylation sites (tertiary alicyclic amines) is 2. The Balaban J connectivity index is 1.42. The van der Waals surface area contributed by atoms with Crippen molar-refractivity contribution in [3.63, 3.8) is 0 Å². The summed E-state index contributed by atoms with van der Waals surface area (Å²) in [6.45, 7) is 13.2. The Hall–Kier alpha value is -3.61. The summed E-state index contributed by atoms with van der Waals surface area (Å²) in [5.74, 6) is -0.723. The zero-order valence-corrected chi connectivity index (χ0v) is 23.7. The van der Waals surface area contributed by atoms with Crippen LogP contribution in [0.4, 0.5) is 9.59 Å². The van der Waals surface area contributed by atoms with Crippen molar-refractivity contribution in [2.75, 3.05) is 46.0 Å². The summed E-state index contributed by atoms with van der Waals surface area (Å²) in [7, 11) is 0. The predicted molar refractivity (Wildman–Crippen MR) is 144 cm³/mol. The summed E-state index contributed by atoms with van der Waals surface area (Å²) in [6.07, 6.45) is 4.06. The van der Waals surface area contributed by atoms with Gasteiger partial charge >= 0.3 is 18.2 Å². The van der Waals surface area contributed by atoms with Gasteiger partial charge in [-0.15, -0.1) is 0 Å². The van der Waals surface area contributed by atoms with Gasteiger partial charge in [0.1, 0.15) is 24.1 Å². The Morgan fingerprint density at radius 3 is 2.55 bits per heavy atom. The van der Waals surface area contributed by atoms with Crippen molar-refractivity contribution in [3.8, 4) is 0 Å². The Bertz CT molecular complexity index is 1130. The Kier molecular flexibility index (Phi) is 8.71. The van der Waals surface area contributed by atoms with Crippen molar-refractivity contribution >= 4 is 24.0 Å². The van der Waals surface area contributed by atoms with E-state index in [4.69, 9.17) is 24.8 Å². The van der Waals surface area contributed by atoms with Crippen LogP contribution in [-0.4, -0.2) is 95.2 Å². The summed E-state index contributed by atoms with van der Waals surface area (Å²) in [6, 6.07) is 1.19. The van der Waals surface area contributed by atoms with Crippen LogP contribution in [0, 0.1) is 11.3 Å². The average Bonchev–Trinajstić information content (AvgIpc) is 3.54. The van der Waals surface area contributed by atoms with E-state index < -0.39 is 41.1 Å². The molecule has 13 heteroatoms. The molecule has 3 fully saturated rings. The van der Waals surface area contributed by atoms with Gasteiger partial charge in [-0.25, -0.2) is 14.4 Å². The van der Waals surface area contributed by atoms with E-state index in [1.165, 1.54) is 11.0 Å². The van der Waals surface area contributed by atoms with Crippen molar-refractivity contribution in [1.29, 1.82) is 0 Å². The summed E-state index contributed by atoms with van der Waals surface area (Å²) < 4.78 is 17.7. The first-order chi connectivity index (χ1) is 18.9. The van der Waals surface area contributed by atoms with Crippen LogP contribution in [0.2, 0.25) is 0 Å². The van der Waals surface area contributed by atoms with Gasteiger partial charge in [0, 0.05) is 62.8 Å². The molecule has 0 saturated carbocycles. The van der Waals surface area contributed by atoms with Gasteiger partial charge in [-0.2, -0.15) is 5.10 Å². The maximum atomic E-state index is 12.8. The van der Waals surface area contributed by atoms with Crippen molar-refractivity contribution in [2.24, 2.45) is 22.2 Å². The zero-order valence-electron chi connectivity index (χ0n) is 23.7. The molecule has 220 valence electrons. The van der Waals surface area contributed by atoms with Crippen LogP contribution < -0.4 is 5.73 Å². The first-order valence-corrected chi connectivity index (χ1v) is 13.6. The molecule has 3 aliphatic heterocycles. The minimum Gasteiger partial charge on any atom is -0.445 e. The van der Waals surface area contributed by atoms with E-state index in [9.17, 15) is 14.4 Å². The summed E-state index contributed by atoms with van der Waals surface area (Å²) in [4.78, 5) is 46.3. The maximum absolute atomic E-state index is 12.8. The molecule has 1 aromatic rings. The molecule has 0 bridgehead atoms. The Morgan fingerprint density at radius 2 is 1.90 bits per heavy atom. The predicted octanol–water partition coefficient (Wildman–Crippen LogP) is 2.65. The van der Waals surface area contributed by atoms with E-state index in [1.807, 2.05) is 6.07 Å². The quantitative estimate of drug-likeness (QED) is 0.174. The number of rotatable bonds is 7. The molecule has 0 aromatic carbocycles. The zero-order chi connectivity index (χ0) is 29.1. The number of nitrogens with two attached hydrogens (primary N) is 1. The van der Waals surface area contributed by atoms with E-state index in [2.05, 4.69) is 16.8 Å². The minimum absolute atomic E-state index is 0.0618. The van der Waals surface area contributed by atoms with Gasteiger partial charge in [0.15, 0.2) is 0 Å². The molecule has 0 radical (unpaired) electrons. The van der Waals surface area contributed by atoms with Gasteiger partial charge in [-0.1, -0.05) is 17.8 Å². The number of ether oxygens (including phenoxy) is 3. The highest BCUT2D eigenvalue weighted by Crippen LogP contribution is 2.45. The van der Waals surface area contributed by atoms with Crippen molar-refractivity contribution in [1.82, 2.24) is 19.6 Å². The number of amidine groups is 1. The molecule has 3 saturated heterocycles. The fourth-order valence-corrected chi connectivity index (χ4v) is 5.35. The molecule has 1 aromatic heterocycles. The molecule has 1 unspecified atom stereocenters. The van der Waals surface area contributed by atoms with E-state index >= 15 is 0 Å². The van der Waals surface area contributed by atoms with E-state index in [1.54, 1.807) is 43.5 Å². The fourth-order valence-electron chi connectivity index (χ4n) is 5.35. The highest BCUT2D eigenvalue weighted by Gasteiger charge is 2.58. The third-order valence-corrected chi connectivity index (χ3v) is 7.50. The molecule has 1 spiro atoms. The standard InChI is InChI=1S/C27H40N6O7/c1-6-11-38-24(35)31-14-20(27(15-31)16-32(17-27)25(36)39-26(3,4)5)22(28)30-40-23(34)18(2)33-10-7-21(29-33)19-8-12-37-13-9-19/h6-7,10,18-20H,1,8-9,11-17H2,2-5H3,(H2,28,30)/t18?,20-/m1/s1. The lowest BCUT2D eigenvalue weighted by molar-refractivity contribution is -0.147. The van der Waals surface area contributed by atoms with Crippen LogP contribution in [-0.2, 0) is 23.8 Å². The second-order valence-corrected chi connectivity index (χ2v) is 11.7. The molecule has 2 atom stereocenters. The number of hydrogen-bond donors (Lipinski definition) is 1. The second-order valence-electron chi connectivity index (χ2n) is 11.7. The summed E-state index contributed by atoms with van der Waals surface area (Å²) in [5, 5.41) is 8.54. The van der Waals surface area contributed by atoms with Gasteiger partial charge in [-0.3, -0.25) is 4.68 Å². The van der Waals surface area contributed by atoms with Crippen LogP contribution in [0.5, 0.6) is 0 Å². The van der Waals surface area contributed by atoms with Crippen molar-refractivity contribution in [2.45, 2.75) is 58.1 Å². The lowest BCUT2D eigenvalue weighted by Crippen LogP contribution is -2.64. The Labute approximate surface area is 234 Å². The van der Waals surface area contributed by atoms with Crippen LogP contribution >= 0.6 is 0 Å². The number of carbonyl (C=O) groups excluding carboxylic acids is 3. The Morgan fingerprint density at radius 1 is 1.23 bits per heavy atom. The van der Waals surface area contributed by atoms with Crippen LogP contribution in [0.15, 0.2) is 30.1 Å². The van der Waals surface area contributed by atoms with Gasteiger partial charge in [0.05, 0.1) is 5.69 Å². The van der Waals surface area contributed by atoms with Gasteiger partial charge in [0.25, 0.3) is 0 Å². The van der Waals surface area contributed by atoms with Gasteiger partial charge in [-0.05, 0) is 46.6 Å². The highest BCUT2D eigenvalue weighted by atomic mass is 16.7. The molecule has 0 aliphatic carbocycles. The monoisotopic (exact) mass is 560 g/mol. The minimum atomic E-state index is -0.723. The number of nitrogens with zero attached hydrogens (tertiary/aromatic N) is 5. The van der Waals surface area contributed by atoms with Crippen molar-refractivity contribution in [3.05, 3.63) is 30.6 Å². The second kappa shape index (κ2) is 11.9.